The van der Waals surface area contributed by atoms with Crippen molar-refractivity contribution in [1.29, 1.82) is 0 Å². The summed E-state index contributed by atoms with van der Waals surface area (Å²) in [5.74, 6) is -0.752. The number of H-pyrrole nitrogens is 1. The number of benzene rings is 3. The minimum atomic E-state index is -0.505. The summed E-state index contributed by atoms with van der Waals surface area (Å²) in [6, 6.07) is 24.5. The lowest BCUT2D eigenvalue weighted by Gasteiger charge is -2.04. The van der Waals surface area contributed by atoms with Crippen molar-refractivity contribution < 1.29 is 9.90 Å². The summed E-state index contributed by atoms with van der Waals surface area (Å²) < 4.78 is 1.35. The van der Waals surface area contributed by atoms with Gasteiger partial charge in [0.05, 0.1) is 22.3 Å². The number of nitrogens with zero attached hydrogens (tertiary/aromatic N) is 3. The molecule has 0 aliphatic carbocycles. The molecule has 0 atom stereocenters. The second-order valence-electron chi connectivity index (χ2n) is 6.93. The van der Waals surface area contributed by atoms with Crippen LogP contribution in [0.25, 0.3) is 16.6 Å². The quantitative estimate of drug-likeness (QED) is 0.318. The highest BCUT2D eigenvalue weighted by atomic mass is 16.3. The molecule has 0 aliphatic heterocycles. The number of fused-ring (bicyclic) bond motifs is 3. The van der Waals surface area contributed by atoms with E-state index in [-0.39, 0.29) is 22.6 Å². The highest BCUT2D eigenvalue weighted by Crippen LogP contribution is 2.39. The Morgan fingerprint density at radius 1 is 0.839 bits per heavy atom. The first-order valence-electron chi connectivity index (χ1n) is 9.60. The van der Waals surface area contributed by atoms with Crippen LogP contribution in [-0.2, 0) is 0 Å². The lowest BCUT2D eigenvalue weighted by atomic mass is 10.0. The van der Waals surface area contributed by atoms with E-state index in [2.05, 4.69) is 15.2 Å². The molecule has 0 bridgehead atoms. The van der Waals surface area contributed by atoms with Crippen molar-refractivity contribution >= 4 is 33.7 Å². The molecular weight excluding hydrogens is 392 g/mol. The molecule has 0 saturated carbocycles. The molecule has 5 aromatic rings. The standard InChI is InChI=1S/C24H16N4O3/c29-22(15-9-3-1-4-10-15)19-20(27-26-16-11-5-2-6-12-16)24(31)28-18-14-8-7-13-17(18)25-23(30)21(19)28/h1-14,31H,(H,25,30). The van der Waals surface area contributed by atoms with E-state index in [1.807, 2.05) is 6.07 Å². The third kappa shape index (κ3) is 3.08. The van der Waals surface area contributed by atoms with Gasteiger partial charge in [-0.15, -0.1) is 5.11 Å². The van der Waals surface area contributed by atoms with Gasteiger partial charge in [0.15, 0.2) is 11.5 Å². The van der Waals surface area contributed by atoms with Gasteiger partial charge in [0, 0.05) is 5.56 Å². The largest absolute Gasteiger partial charge is 0.493 e. The number of para-hydroxylation sites is 2. The van der Waals surface area contributed by atoms with Gasteiger partial charge in [-0.3, -0.25) is 14.0 Å². The van der Waals surface area contributed by atoms with Gasteiger partial charge < -0.3 is 10.1 Å². The van der Waals surface area contributed by atoms with Gasteiger partial charge in [-0.2, -0.15) is 5.11 Å². The Balaban J connectivity index is 1.86. The lowest BCUT2D eigenvalue weighted by Crippen LogP contribution is -2.13. The molecule has 2 heterocycles. The minimum absolute atomic E-state index is 0.00427. The second kappa shape index (κ2) is 7.38. The van der Waals surface area contributed by atoms with Crippen LogP contribution in [0.5, 0.6) is 5.88 Å². The maximum absolute atomic E-state index is 13.4. The van der Waals surface area contributed by atoms with Crippen molar-refractivity contribution in [3.05, 3.63) is 106 Å². The predicted octanol–water partition coefficient (Wildman–Crippen LogP) is 5.13. The number of ketones is 1. The molecule has 0 aliphatic rings. The number of carbonyl (C=O) groups is 1. The summed E-state index contributed by atoms with van der Waals surface area (Å²) >= 11 is 0. The Kier molecular flexibility index (Phi) is 4.41. The summed E-state index contributed by atoms with van der Waals surface area (Å²) in [6.45, 7) is 0. The first kappa shape index (κ1) is 18.5. The normalized spacial score (nSPS) is 11.5. The summed E-state index contributed by atoms with van der Waals surface area (Å²) in [7, 11) is 0. The number of hydrogen-bond donors (Lipinski definition) is 2. The Hall–Kier alpha value is -4.52. The zero-order valence-electron chi connectivity index (χ0n) is 16.2. The molecule has 0 fully saturated rings. The van der Waals surface area contributed by atoms with E-state index in [1.165, 1.54) is 4.40 Å². The zero-order chi connectivity index (χ0) is 21.4. The number of hydrogen-bond acceptors (Lipinski definition) is 5. The molecule has 0 amide bonds. The summed E-state index contributed by atoms with van der Waals surface area (Å²) in [4.78, 5) is 29.2. The van der Waals surface area contributed by atoms with E-state index in [1.54, 1.807) is 78.9 Å². The first-order valence-corrected chi connectivity index (χ1v) is 9.60. The number of nitrogens with one attached hydrogen (secondary N) is 1. The van der Waals surface area contributed by atoms with Gasteiger partial charge in [-0.25, -0.2) is 0 Å². The van der Waals surface area contributed by atoms with Gasteiger partial charge >= 0.3 is 0 Å². The second-order valence-corrected chi connectivity index (χ2v) is 6.93. The number of carbonyl (C=O) groups excluding carboxylic acids is 1. The maximum Gasteiger partial charge on any atom is 0.273 e. The number of rotatable bonds is 4. The fourth-order valence-electron chi connectivity index (χ4n) is 3.60. The molecule has 2 aromatic heterocycles. The van der Waals surface area contributed by atoms with Crippen LogP contribution < -0.4 is 5.56 Å². The number of aromatic amines is 1. The monoisotopic (exact) mass is 408 g/mol. The molecule has 150 valence electrons. The number of aromatic nitrogens is 2. The molecule has 7 heteroatoms. The highest BCUT2D eigenvalue weighted by molar-refractivity contribution is 6.17. The third-order valence-corrected chi connectivity index (χ3v) is 5.01. The van der Waals surface area contributed by atoms with Crippen LogP contribution in [0.1, 0.15) is 15.9 Å². The van der Waals surface area contributed by atoms with E-state index >= 15 is 0 Å². The van der Waals surface area contributed by atoms with Crippen molar-refractivity contribution in [3.8, 4) is 5.88 Å². The fraction of sp³-hybridized carbons (Fsp3) is 0. The average molecular weight is 408 g/mol. The van der Waals surface area contributed by atoms with Gasteiger partial charge in [-0.1, -0.05) is 60.7 Å². The Labute approximate surface area is 175 Å². The Morgan fingerprint density at radius 3 is 2.23 bits per heavy atom. The van der Waals surface area contributed by atoms with Crippen LogP contribution in [0.3, 0.4) is 0 Å². The molecule has 5 rings (SSSR count). The number of aromatic hydroxyl groups is 1. The van der Waals surface area contributed by atoms with Crippen molar-refractivity contribution in [2.45, 2.75) is 0 Å². The molecule has 7 nitrogen and oxygen atoms in total. The lowest BCUT2D eigenvalue weighted by molar-refractivity contribution is 0.104. The first-order chi connectivity index (χ1) is 15.1. The molecule has 0 spiro atoms. The maximum atomic E-state index is 13.4. The van der Waals surface area contributed by atoms with Crippen molar-refractivity contribution in [2.75, 3.05) is 0 Å². The SMILES string of the molecule is O=C(c1ccccc1)c1c(N=Nc2ccccc2)c(O)n2c1c(=O)[nH]c1ccccc12. The van der Waals surface area contributed by atoms with E-state index in [9.17, 15) is 14.7 Å². The van der Waals surface area contributed by atoms with E-state index < -0.39 is 11.3 Å². The van der Waals surface area contributed by atoms with Crippen molar-refractivity contribution in [2.24, 2.45) is 10.2 Å². The van der Waals surface area contributed by atoms with Crippen molar-refractivity contribution in [1.82, 2.24) is 9.38 Å². The minimum Gasteiger partial charge on any atom is -0.493 e. The predicted molar refractivity (Wildman–Crippen MR) is 118 cm³/mol. The molecular formula is C24H16N4O3. The third-order valence-electron chi connectivity index (χ3n) is 5.01. The Bertz CT molecular complexity index is 1520. The van der Waals surface area contributed by atoms with Crippen LogP contribution in [-0.4, -0.2) is 20.3 Å². The fourth-order valence-corrected chi connectivity index (χ4v) is 3.60. The van der Waals surface area contributed by atoms with Gasteiger partial charge in [0.2, 0.25) is 5.88 Å². The smallest absolute Gasteiger partial charge is 0.273 e. The van der Waals surface area contributed by atoms with Crippen LogP contribution >= 0.6 is 0 Å². The Morgan fingerprint density at radius 2 is 1.48 bits per heavy atom. The van der Waals surface area contributed by atoms with Crippen LogP contribution in [0, 0.1) is 0 Å². The molecule has 0 unspecified atom stereocenters. The van der Waals surface area contributed by atoms with E-state index in [4.69, 9.17) is 0 Å². The molecule has 0 saturated heterocycles. The molecule has 31 heavy (non-hydrogen) atoms. The van der Waals surface area contributed by atoms with Gasteiger partial charge in [0.25, 0.3) is 5.56 Å². The van der Waals surface area contributed by atoms with Crippen LogP contribution in [0.15, 0.2) is 100.0 Å². The van der Waals surface area contributed by atoms with E-state index in [0.29, 0.717) is 22.3 Å². The summed E-state index contributed by atoms with van der Waals surface area (Å²) in [5, 5.41) is 19.4. The topological polar surface area (TPSA) is 99.3 Å². The van der Waals surface area contributed by atoms with Crippen LogP contribution in [0.4, 0.5) is 11.4 Å². The van der Waals surface area contributed by atoms with E-state index in [0.717, 1.165) is 0 Å². The van der Waals surface area contributed by atoms with Crippen LogP contribution in [0.2, 0.25) is 0 Å². The highest BCUT2D eigenvalue weighted by Gasteiger charge is 2.28. The molecule has 3 aromatic carbocycles. The summed E-state index contributed by atoms with van der Waals surface area (Å²) in [6.07, 6.45) is 0. The van der Waals surface area contributed by atoms with Gasteiger partial charge in [0.1, 0.15) is 5.52 Å². The van der Waals surface area contributed by atoms with Crippen molar-refractivity contribution in [3.63, 3.8) is 0 Å². The summed E-state index contributed by atoms with van der Waals surface area (Å²) in [5.41, 5.74) is 1.44. The average Bonchev–Trinajstić information content (AvgIpc) is 3.11. The number of azo groups is 1. The molecule has 2 N–H and O–H groups in total. The van der Waals surface area contributed by atoms with Gasteiger partial charge in [-0.05, 0) is 24.3 Å². The molecule has 0 radical (unpaired) electrons. The zero-order valence-corrected chi connectivity index (χ0v) is 16.2.